The first-order chi connectivity index (χ1) is 9.97. The van der Waals surface area contributed by atoms with Crippen LogP contribution in [-0.4, -0.2) is 11.2 Å². The third kappa shape index (κ3) is 4.09. The van der Waals surface area contributed by atoms with Gasteiger partial charge in [-0.05, 0) is 43.0 Å². The van der Waals surface area contributed by atoms with Crippen LogP contribution in [0.15, 0.2) is 47.6 Å². The first-order valence-electron chi connectivity index (χ1n) is 6.08. The van der Waals surface area contributed by atoms with E-state index in [4.69, 9.17) is 11.6 Å². The van der Waals surface area contributed by atoms with Crippen molar-refractivity contribution in [2.75, 3.05) is 5.32 Å². The molecule has 7 heteroatoms. The molecule has 2 aromatic rings. The van der Waals surface area contributed by atoms with E-state index in [9.17, 15) is 14.4 Å². The fourth-order valence-electron chi connectivity index (χ4n) is 1.56. The number of aromatic nitrogens is 1. The molecule has 0 saturated heterocycles. The van der Waals surface area contributed by atoms with Crippen LogP contribution in [0.25, 0.3) is 0 Å². The van der Waals surface area contributed by atoms with Crippen LogP contribution in [0.2, 0.25) is 5.02 Å². The molecule has 21 heavy (non-hydrogen) atoms. The van der Waals surface area contributed by atoms with Gasteiger partial charge in [-0.1, -0.05) is 11.6 Å². The first kappa shape index (κ1) is 15.6. The maximum Gasteiger partial charge on any atom is 0.252 e. The Kier molecular flexibility index (Phi) is 5.03. The summed E-state index contributed by atoms with van der Waals surface area (Å²) in [5.74, 6) is -0.847. The first-order valence-corrected chi connectivity index (χ1v) is 7.34. The molecule has 0 fully saturated rings. The molecule has 1 aromatic heterocycles. The lowest BCUT2D eigenvalue weighted by Gasteiger charge is -2.11. The van der Waals surface area contributed by atoms with Gasteiger partial charge in [0.05, 0.1) is 10.3 Å². The van der Waals surface area contributed by atoms with Crippen molar-refractivity contribution >= 4 is 35.0 Å². The molecule has 0 spiro atoms. The standard InChI is InChI=1S/C14H12ClFN2O2S/c1-9(21-13-4-2-3-7-18(13)20)14(19)17-10-5-6-12(16)11(15)8-10/h2-9H,1H3,(H,17,19)/t9-/m1/s1. The largest absolute Gasteiger partial charge is 0.618 e. The lowest BCUT2D eigenvalue weighted by Crippen LogP contribution is -2.30. The summed E-state index contributed by atoms with van der Waals surface area (Å²) < 4.78 is 13.7. The average Bonchev–Trinajstić information content (AvgIpc) is 2.45. The molecule has 1 heterocycles. The van der Waals surface area contributed by atoms with E-state index in [1.54, 1.807) is 25.1 Å². The molecule has 110 valence electrons. The van der Waals surface area contributed by atoms with E-state index in [0.717, 1.165) is 11.8 Å². The molecule has 1 amide bonds. The Bertz CT molecular complexity index is 669. The number of thioether (sulfide) groups is 1. The van der Waals surface area contributed by atoms with Crippen LogP contribution in [0.5, 0.6) is 0 Å². The summed E-state index contributed by atoms with van der Waals surface area (Å²) in [7, 11) is 0. The van der Waals surface area contributed by atoms with E-state index in [1.165, 1.54) is 24.4 Å². The molecule has 2 rings (SSSR count). The number of pyridine rings is 1. The predicted molar refractivity (Wildman–Crippen MR) is 80.8 cm³/mol. The lowest BCUT2D eigenvalue weighted by atomic mass is 10.3. The van der Waals surface area contributed by atoms with Crippen molar-refractivity contribution in [3.63, 3.8) is 0 Å². The Labute approximate surface area is 130 Å². The van der Waals surface area contributed by atoms with Crippen molar-refractivity contribution < 1.29 is 13.9 Å². The van der Waals surface area contributed by atoms with Gasteiger partial charge in [-0.15, -0.1) is 0 Å². The molecule has 0 aliphatic carbocycles. The fraction of sp³-hybridized carbons (Fsp3) is 0.143. The number of nitrogens with one attached hydrogen (secondary N) is 1. The zero-order valence-corrected chi connectivity index (χ0v) is 12.6. The summed E-state index contributed by atoms with van der Waals surface area (Å²) in [5, 5.41) is 14.0. The van der Waals surface area contributed by atoms with Crippen LogP contribution < -0.4 is 10.0 Å². The topological polar surface area (TPSA) is 56.0 Å². The lowest BCUT2D eigenvalue weighted by molar-refractivity contribution is -0.645. The Morgan fingerprint density at radius 1 is 1.43 bits per heavy atom. The van der Waals surface area contributed by atoms with Crippen LogP contribution in [0.4, 0.5) is 10.1 Å². The predicted octanol–water partition coefficient (Wildman–Crippen LogP) is 3.23. The van der Waals surface area contributed by atoms with Crippen molar-refractivity contribution in [2.24, 2.45) is 0 Å². The minimum Gasteiger partial charge on any atom is -0.618 e. The highest BCUT2D eigenvalue weighted by atomic mass is 35.5. The third-order valence-corrected chi connectivity index (χ3v) is 4.06. The number of anilines is 1. The van der Waals surface area contributed by atoms with Gasteiger partial charge < -0.3 is 10.5 Å². The molecule has 0 unspecified atom stereocenters. The zero-order valence-electron chi connectivity index (χ0n) is 11.0. The van der Waals surface area contributed by atoms with E-state index >= 15 is 0 Å². The van der Waals surface area contributed by atoms with Gasteiger partial charge in [-0.3, -0.25) is 4.79 Å². The molecule has 0 bridgehead atoms. The van der Waals surface area contributed by atoms with E-state index < -0.39 is 11.1 Å². The van der Waals surface area contributed by atoms with Gasteiger partial charge in [0.1, 0.15) is 5.82 Å². The second kappa shape index (κ2) is 6.78. The van der Waals surface area contributed by atoms with E-state index in [2.05, 4.69) is 5.32 Å². The van der Waals surface area contributed by atoms with Crippen LogP contribution in [-0.2, 0) is 4.79 Å². The molecule has 0 aliphatic heterocycles. The monoisotopic (exact) mass is 326 g/mol. The summed E-state index contributed by atoms with van der Waals surface area (Å²) in [6.45, 7) is 1.68. The average molecular weight is 327 g/mol. The second-order valence-corrected chi connectivity index (χ2v) is 6.01. The highest BCUT2D eigenvalue weighted by molar-refractivity contribution is 8.00. The Hall–Kier alpha value is -1.79. The number of halogens is 2. The number of carbonyl (C=O) groups excluding carboxylic acids is 1. The summed E-state index contributed by atoms with van der Waals surface area (Å²) in [6, 6.07) is 8.91. The number of nitrogens with zero attached hydrogens (tertiary/aromatic N) is 1. The van der Waals surface area contributed by atoms with Crippen LogP contribution in [0.1, 0.15) is 6.92 Å². The zero-order chi connectivity index (χ0) is 15.4. The minimum atomic E-state index is -0.547. The second-order valence-electron chi connectivity index (χ2n) is 4.24. The van der Waals surface area contributed by atoms with Crippen LogP contribution >= 0.6 is 23.4 Å². The van der Waals surface area contributed by atoms with Crippen molar-refractivity contribution in [3.05, 3.63) is 58.6 Å². The highest BCUT2D eigenvalue weighted by Crippen LogP contribution is 2.23. The Morgan fingerprint density at radius 3 is 2.86 bits per heavy atom. The van der Waals surface area contributed by atoms with Gasteiger partial charge in [0.15, 0.2) is 6.20 Å². The van der Waals surface area contributed by atoms with Crippen molar-refractivity contribution in [3.8, 4) is 0 Å². The smallest absolute Gasteiger partial charge is 0.252 e. The molecule has 4 nitrogen and oxygen atoms in total. The SMILES string of the molecule is C[C@@H](Sc1cccc[n+]1[O-])C(=O)Nc1ccc(F)c(Cl)c1. The molecular formula is C14H12ClFN2O2S. The summed E-state index contributed by atoms with van der Waals surface area (Å²) >= 11 is 6.79. The van der Waals surface area contributed by atoms with E-state index in [0.29, 0.717) is 15.4 Å². The molecule has 1 atom stereocenters. The van der Waals surface area contributed by atoms with E-state index in [-0.39, 0.29) is 10.9 Å². The van der Waals surface area contributed by atoms with Crippen molar-refractivity contribution in [1.82, 2.24) is 0 Å². The molecule has 1 aromatic carbocycles. The highest BCUT2D eigenvalue weighted by Gasteiger charge is 2.19. The number of carbonyl (C=O) groups is 1. The van der Waals surface area contributed by atoms with Gasteiger partial charge in [0.25, 0.3) is 5.03 Å². The maximum absolute atomic E-state index is 13.0. The summed E-state index contributed by atoms with van der Waals surface area (Å²) in [4.78, 5) is 12.0. The van der Waals surface area contributed by atoms with Gasteiger partial charge >= 0.3 is 0 Å². The van der Waals surface area contributed by atoms with E-state index in [1.807, 2.05) is 0 Å². The van der Waals surface area contributed by atoms with Crippen molar-refractivity contribution in [1.29, 1.82) is 0 Å². The molecule has 0 saturated carbocycles. The molecule has 1 N–H and O–H groups in total. The molecule has 0 radical (unpaired) electrons. The number of benzene rings is 1. The number of rotatable bonds is 4. The maximum atomic E-state index is 13.0. The quantitative estimate of drug-likeness (QED) is 0.533. The third-order valence-electron chi connectivity index (χ3n) is 2.64. The summed E-state index contributed by atoms with van der Waals surface area (Å²) in [5.41, 5.74) is 0.405. The minimum absolute atomic E-state index is 0.0615. The number of amides is 1. The Balaban J connectivity index is 2.02. The Morgan fingerprint density at radius 2 is 2.19 bits per heavy atom. The van der Waals surface area contributed by atoms with Gasteiger partial charge in [-0.2, -0.15) is 4.73 Å². The molecule has 0 aliphatic rings. The summed E-state index contributed by atoms with van der Waals surface area (Å²) in [6.07, 6.45) is 1.37. The van der Waals surface area contributed by atoms with Gasteiger partial charge in [0, 0.05) is 17.8 Å². The number of hydrogen-bond acceptors (Lipinski definition) is 3. The van der Waals surface area contributed by atoms with Crippen LogP contribution in [0, 0.1) is 11.0 Å². The van der Waals surface area contributed by atoms with Crippen LogP contribution in [0.3, 0.4) is 0 Å². The van der Waals surface area contributed by atoms with Gasteiger partial charge in [0.2, 0.25) is 5.91 Å². The normalized spacial score (nSPS) is 12.0. The fourth-order valence-corrected chi connectivity index (χ4v) is 2.59. The van der Waals surface area contributed by atoms with Crippen molar-refractivity contribution in [2.45, 2.75) is 17.2 Å². The number of hydrogen-bond donors (Lipinski definition) is 1. The van der Waals surface area contributed by atoms with Gasteiger partial charge in [-0.25, -0.2) is 4.39 Å². The molecular weight excluding hydrogens is 315 g/mol.